The lowest BCUT2D eigenvalue weighted by atomic mass is 10.2. The maximum absolute atomic E-state index is 9.04. The highest BCUT2D eigenvalue weighted by molar-refractivity contribution is 5.53. The van der Waals surface area contributed by atoms with Crippen LogP contribution in [0.2, 0.25) is 0 Å². The third kappa shape index (κ3) is 3.19. The van der Waals surface area contributed by atoms with E-state index < -0.39 is 0 Å². The van der Waals surface area contributed by atoms with Crippen molar-refractivity contribution in [2.75, 3.05) is 5.73 Å². The number of ether oxygens (including phenoxy) is 1. The standard InChI is InChI=1S/C14H14N4O/c1-2-3-12-7-14(18-9-17-12)19-13-5-4-11(16)6-10(13)8-15/h4-7,9H,2-3,16H2,1H3. The summed E-state index contributed by atoms with van der Waals surface area (Å²) >= 11 is 0. The molecule has 0 spiro atoms. The zero-order valence-electron chi connectivity index (χ0n) is 10.6. The Morgan fingerprint density at radius 1 is 1.32 bits per heavy atom. The summed E-state index contributed by atoms with van der Waals surface area (Å²) in [5.74, 6) is 0.873. The zero-order valence-corrected chi connectivity index (χ0v) is 10.6. The second kappa shape index (κ2) is 5.83. The molecule has 5 heteroatoms. The van der Waals surface area contributed by atoms with Gasteiger partial charge in [-0.25, -0.2) is 9.97 Å². The fourth-order valence-corrected chi connectivity index (χ4v) is 1.66. The number of anilines is 1. The van der Waals surface area contributed by atoms with Crippen LogP contribution in [0.15, 0.2) is 30.6 Å². The molecule has 0 saturated heterocycles. The molecule has 19 heavy (non-hydrogen) atoms. The van der Waals surface area contributed by atoms with Crippen LogP contribution in [0.1, 0.15) is 24.6 Å². The van der Waals surface area contributed by atoms with Crippen LogP contribution in [-0.2, 0) is 6.42 Å². The Balaban J connectivity index is 2.26. The number of rotatable bonds is 4. The van der Waals surface area contributed by atoms with Gasteiger partial charge < -0.3 is 10.5 Å². The maximum Gasteiger partial charge on any atom is 0.222 e. The predicted molar refractivity (Wildman–Crippen MR) is 71.7 cm³/mol. The highest BCUT2D eigenvalue weighted by atomic mass is 16.5. The third-order valence-corrected chi connectivity index (χ3v) is 2.54. The molecule has 96 valence electrons. The molecule has 0 amide bonds. The monoisotopic (exact) mass is 254 g/mol. The number of nitriles is 1. The van der Waals surface area contributed by atoms with Crippen LogP contribution in [0, 0.1) is 11.3 Å². The summed E-state index contributed by atoms with van der Waals surface area (Å²) in [5.41, 5.74) is 7.46. The highest BCUT2D eigenvalue weighted by Gasteiger charge is 2.07. The van der Waals surface area contributed by atoms with Crippen LogP contribution in [0.3, 0.4) is 0 Å². The first kappa shape index (κ1) is 12.8. The highest BCUT2D eigenvalue weighted by Crippen LogP contribution is 2.25. The average molecular weight is 254 g/mol. The van der Waals surface area contributed by atoms with Gasteiger partial charge in [0.1, 0.15) is 18.1 Å². The van der Waals surface area contributed by atoms with E-state index in [0.717, 1.165) is 18.5 Å². The SMILES string of the molecule is CCCc1cc(Oc2ccc(N)cc2C#N)ncn1. The van der Waals surface area contributed by atoms with E-state index in [2.05, 4.69) is 16.9 Å². The van der Waals surface area contributed by atoms with Crippen molar-refractivity contribution in [2.45, 2.75) is 19.8 Å². The quantitative estimate of drug-likeness (QED) is 0.848. The molecule has 0 bridgehead atoms. The Morgan fingerprint density at radius 2 is 2.16 bits per heavy atom. The summed E-state index contributed by atoms with van der Waals surface area (Å²) in [6, 6.07) is 8.75. The molecule has 0 fully saturated rings. The molecule has 0 aliphatic carbocycles. The van der Waals surface area contributed by atoms with Crippen molar-refractivity contribution in [3.05, 3.63) is 41.9 Å². The lowest BCUT2D eigenvalue weighted by Gasteiger charge is -2.07. The molecule has 0 saturated carbocycles. The van der Waals surface area contributed by atoms with Crippen molar-refractivity contribution < 1.29 is 4.74 Å². The number of nitrogen functional groups attached to an aromatic ring is 1. The molecule has 5 nitrogen and oxygen atoms in total. The minimum Gasteiger partial charge on any atom is -0.438 e. The van der Waals surface area contributed by atoms with Crippen molar-refractivity contribution in [1.82, 2.24) is 9.97 Å². The molecule has 2 rings (SSSR count). The normalized spacial score (nSPS) is 9.89. The second-order valence-electron chi connectivity index (χ2n) is 4.07. The Hall–Kier alpha value is -2.61. The summed E-state index contributed by atoms with van der Waals surface area (Å²) in [5, 5.41) is 9.04. The van der Waals surface area contributed by atoms with Crippen LogP contribution in [0.4, 0.5) is 5.69 Å². The number of aromatic nitrogens is 2. The lowest BCUT2D eigenvalue weighted by molar-refractivity contribution is 0.458. The molecule has 1 aromatic carbocycles. The van der Waals surface area contributed by atoms with Crippen molar-refractivity contribution in [1.29, 1.82) is 5.26 Å². The van der Waals surface area contributed by atoms with E-state index in [4.69, 9.17) is 15.7 Å². The first-order chi connectivity index (χ1) is 9.22. The topological polar surface area (TPSA) is 84.8 Å². The fraction of sp³-hybridized carbons (Fsp3) is 0.214. The summed E-state index contributed by atoms with van der Waals surface area (Å²) in [7, 11) is 0. The second-order valence-corrected chi connectivity index (χ2v) is 4.07. The Morgan fingerprint density at radius 3 is 2.89 bits per heavy atom. The summed E-state index contributed by atoms with van der Waals surface area (Å²) < 4.78 is 5.61. The van der Waals surface area contributed by atoms with E-state index in [1.54, 1.807) is 24.3 Å². The van der Waals surface area contributed by atoms with Gasteiger partial charge in [-0.1, -0.05) is 13.3 Å². The molecule has 2 aromatic rings. The number of aryl methyl sites for hydroxylation is 1. The number of benzene rings is 1. The maximum atomic E-state index is 9.04. The van der Waals surface area contributed by atoms with Crippen LogP contribution in [0.5, 0.6) is 11.6 Å². The molecule has 0 aliphatic rings. The van der Waals surface area contributed by atoms with Gasteiger partial charge in [0.2, 0.25) is 5.88 Å². The molecule has 0 aliphatic heterocycles. The summed E-state index contributed by atoms with van der Waals surface area (Å²) in [6.07, 6.45) is 3.33. The largest absolute Gasteiger partial charge is 0.438 e. The van der Waals surface area contributed by atoms with Gasteiger partial charge in [-0.15, -0.1) is 0 Å². The van der Waals surface area contributed by atoms with Gasteiger partial charge in [-0.05, 0) is 24.6 Å². The number of hydrogen-bond acceptors (Lipinski definition) is 5. The van der Waals surface area contributed by atoms with Gasteiger partial charge >= 0.3 is 0 Å². The fourth-order valence-electron chi connectivity index (χ4n) is 1.66. The zero-order chi connectivity index (χ0) is 13.7. The van der Waals surface area contributed by atoms with Crippen molar-refractivity contribution in [2.24, 2.45) is 0 Å². The number of hydrogen-bond donors (Lipinski definition) is 1. The Labute approximate surface area is 111 Å². The van der Waals surface area contributed by atoms with Crippen LogP contribution in [-0.4, -0.2) is 9.97 Å². The smallest absolute Gasteiger partial charge is 0.222 e. The van der Waals surface area contributed by atoms with E-state index in [1.807, 2.05) is 6.07 Å². The van der Waals surface area contributed by atoms with E-state index >= 15 is 0 Å². The van der Waals surface area contributed by atoms with Crippen molar-refractivity contribution in [3.63, 3.8) is 0 Å². The average Bonchev–Trinajstić information content (AvgIpc) is 2.41. The van der Waals surface area contributed by atoms with Crippen molar-refractivity contribution >= 4 is 5.69 Å². The Kier molecular flexibility index (Phi) is 3.94. The summed E-state index contributed by atoms with van der Waals surface area (Å²) in [4.78, 5) is 8.19. The van der Waals surface area contributed by atoms with Gasteiger partial charge in [-0.3, -0.25) is 0 Å². The van der Waals surface area contributed by atoms with Crippen LogP contribution in [0.25, 0.3) is 0 Å². The first-order valence-electron chi connectivity index (χ1n) is 6.01. The molecule has 2 N–H and O–H groups in total. The number of nitrogens with two attached hydrogens (primary N) is 1. The molecule has 1 heterocycles. The molecular weight excluding hydrogens is 240 g/mol. The van der Waals surface area contributed by atoms with E-state index in [9.17, 15) is 0 Å². The van der Waals surface area contributed by atoms with Crippen LogP contribution < -0.4 is 10.5 Å². The molecule has 1 aromatic heterocycles. The predicted octanol–water partition coefficient (Wildman–Crippen LogP) is 2.68. The third-order valence-electron chi connectivity index (χ3n) is 2.54. The van der Waals surface area contributed by atoms with E-state index in [-0.39, 0.29) is 0 Å². The van der Waals surface area contributed by atoms with Gasteiger partial charge in [0, 0.05) is 17.4 Å². The van der Waals surface area contributed by atoms with Gasteiger partial charge in [-0.2, -0.15) is 5.26 Å². The lowest BCUT2D eigenvalue weighted by Crippen LogP contribution is -1.96. The summed E-state index contributed by atoms with van der Waals surface area (Å²) in [6.45, 7) is 2.08. The van der Waals surface area contributed by atoms with Crippen molar-refractivity contribution in [3.8, 4) is 17.7 Å². The molecule has 0 atom stereocenters. The molecule has 0 unspecified atom stereocenters. The minimum atomic E-state index is 0.385. The van der Waals surface area contributed by atoms with Gasteiger partial charge in [0.25, 0.3) is 0 Å². The van der Waals surface area contributed by atoms with E-state index in [0.29, 0.717) is 22.9 Å². The Bertz CT molecular complexity index is 619. The van der Waals surface area contributed by atoms with Crippen LogP contribution >= 0.6 is 0 Å². The first-order valence-corrected chi connectivity index (χ1v) is 6.01. The number of nitrogens with zero attached hydrogens (tertiary/aromatic N) is 3. The van der Waals surface area contributed by atoms with Gasteiger partial charge in [0.05, 0.1) is 5.56 Å². The van der Waals surface area contributed by atoms with Gasteiger partial charge in [0.15, 0.2) is 0 Å². The molecule has 0 radical (unpaired) electrons. The van der Waals surface area contributed by atoms with E-state index in [1.165, 1.54) is 6.33 Å². The minimum absolute atomic E-state index is 0.385. The molecular formula is C14H14N4O.